The highest BCUT2D eigenvalue weighted by atomic mass is 79.9. The highest BCUT2D eigenvalue weighted by Gasteiger charge is 2.12. The molecule has 0 aliphatic rings. The van der Waals surface area contributed by atoms with E-state index < -0.39 is 0 Å². The van der Waals surface area contributed by atoms with Crippen molar-refractivity contribution in [2.75, 3.05) is 5.32 Å². The van der Waals surface area contributed by atoms with Gasteiger partial charge in [-0.25, -0.2) is 4.98 Å². The van der Waals surface area contributed by atoms with E-state index in [1.165, 1.54) is 0 Å². The van der Waals surface area contributed by atoms with Gasteiger partial charge in [0, 0.05) is 10.7 Å². The number of carbonyl (C=O) groups excluding carboxylic acids is 1. The zero-order chi connectivity index (χ0) is 13.1. The van der Waals surface area contributed by atoms with Crippen molar-refractivity contribution in [1.29, 1.82) is 0 Å². The molecule has 0 spiro atoms. The van der Waals surface area contributed by atoms with Crippen LogP contribution in [0.25, 0.3) is 0 Å². The van der Waals surface area contributed by atoms with Gasteiger partial charge >= 0.3 is 0 Å². The quantitative estimate of drug-likeness (QED) is 0.846. The van der Waals surface area contributed by atoms with Crippen molar-refractivity contribution in [3.05, 3.63) is 57.3 Å². The lowest BCUT2D eigenvalue weighted by Gasteiger charge is -2.08. The van der Waals surface area contributed by atoms with E-state index in [1.54, 1.807) is 18.3 Å². The molecule has 1 amide bonds. The monoisotopic (exact) mass is 324 g/mol. The molecule has 0 aliphatic carbocycles. The van der Waals surface area contributed by atoms with E-state index >= 15 is 0 Å². The van der Waals surface area contributed by atoms with Crippen LogP contribution in [0.3, 0.4) is 0 Å². The number of hydrogen-bond acceptors (Lipinski definition) is 2. The van der Waals surface area contributed by atoms with Gasteiger partial charge in [0.1, 0.15) is 5.15 Å². The Morgan fingerprint density at radius 3 is 2.89 bits per heavy atom. The normalized spacial score (nSPS) is 10.2. The minimum atomic E-state index is -0.278. The second kappa shape index (κ2) is 5.50. The lowest BCUT2D eigenvalue weighted by Crippen LogP contribution is -2.13. The van der Waals surface area contributed by atoms with Gasteiger partial charge in [-0.05, 0) is 52.7 Å². The number of carbonyl (C=O) groups is 1. The van der Waals surface area contributed by atoms with Crippen LogP contribution in [0.4, 0.5) is 5.69 Å². The molecule has 5 heteroatoms. The van der Waals surface area contributed by atoms with Gasteiger partial charge in [-0.3, -0.25) is 4.79 Å². The van der Waals surface area contributed by atoms with E-state index in [1.807, 2.05) is 25.1 Å². The number of rotatable bonds is 2. The summed E-state index contributed by atoms with van der Waals surface area (Å²) in [6, 6.07) is 9.03. The first kappa shape index (κ1) is 13.1. The van der Waals surface area contributed by atoms with Gasteiger partial charge in [0.05, 0.1) is 11.3 Å². The molecule has 0 saturated heterocycles. The number of aromatic nitrogens is 1. The summed E-state index contributed by atoms with van der Waals surface area (Å²) in [5.74, 6) is -0.278. The molecule has 2 aromatic rings. The number of aryl methyl sites for hydroxylation is 1. The number of hydrogen-bond donors (Lipinski definition) is 1. The summed E-state index contributed by atoms with van der Waals surface area (Å²) in [6.07, 6.45) is 1.54. The Balaban J connectivity index is 2.27. The van der Waals surface area contributed by atoms with Crippen molar-refractivity contribution < 1.29 is 4.79 Å². The Labute approximate surface area is 118 Å². The van der Waals surface area contributed by atoms with Crippen molar-refractivity contribution in [3.8, 4) is 0 Å². The molecule has 0 fully saturated rings. The first-order valence-corrected chi connectivity index (χ1v) is 6.43. The average molecular weight is 326 g/mol. The third-order valence-electron chi connectivity index (χ3n) is 2.37. The molecule has 0 unspecified atom stereocenters. The second-order valence-corrected chi connectivity index (χ2v) is 4.99. The van der Waals surface area contributed by atoms with E-state index in [2.05, 4.69) is 26.2 Å². The third-order valence-corrected chi connectivity index (χ3v) is 3.37. The Hall–Kier alpha value is -1.39. The molecular formula is C13H10BrClN2O. The van der Waals surface area contributed by atoms with Gasteiger partial charge in [0.25, 0.3) is 5.91 Å². The maximum Gasteiger partial charge on any atom is 0.258 e. The largest absolute Gasteiger partial charge is 0.321 e. The van der Waals surface area contributed by atoms with Crippen LogP contribution in [-0.4, -0.2) is 10.9 Å². The zero-order valence-corrected chi connectivity index (χ0v) is 11.9. The van der Waals surface area contributed by atoms with Crippen LogP contribution in [0, 0.1) is 6.92 Å². The number of amides is 1. The number of nitrogens with zero attached hydrogens (tertiary/aromatic N) is 1. The average Bonchev–Trinajstić information content (AvgIpc) is 2.34. The maximum absolute atomic E-state index is 12.0. The van der Waals surface area contributed by atoms with E-state index in [4.69, 9.17) is 11.6 Å². The maximum atomic E-state index is 12.0. The standard InChI is InChI=1S/C13H10BrClN2O/c1-8-4-5-10(14)11(7-8)17-13(18)9-3-2-6-16-12(9)15/h2-7H,1H3,(H,17,18). The predicted molar refractivity (Wildman–Crippen MR) is 76.1 cm³/mol. The fourth-order valence-electron chi connectivity index (χ4n) is 1.48. The first-order chi connectivity index (χ1) is 8.58. The molecule has 1 aromatic carbocycles. The summed E-state index contributed by atoms with van der Waals surface area (Å²) in [6.45, 7) is 1.96. The number of pyridine rings is 1. The van der Waals surface area contributed by atoms with E-state index in [9.17, 15) is 4.79 Å². The van der Waals surface area contributed by atoms with Gasteiger partial charge < -0.3 is 5.32 Å². The van der Waals surface area contributed by atoms with Gasteiger partial charge in [-0.15, -0.1) is 0 Å². The summed E-state index contributed by atoms with van der Waals surface area (Å²) in [5, 5.41) is 2.99. The Morgan fingerprint density at radius 2 is 2.17 bits per heavy atom. The predicted octanol–water partition coefficient (Wildman–Crippen LogP) is 4.06. The molecule has 2 rings (SSSR count). The summed E-state index contributed by atoms with van der Waals surface area (Å²) in [5.41, 5.74) is 2.12. The van der Waals surface area contributed by atoms with Gasteiger partial charge in [0.15, 0.2) is 0 Å². The van der Waals surface area contributed by atoms with Crippen molar-refractivity contribution >= 4 is 39.1 Å². The van der Waals surface area contributed by atoms with E-state index in [0.29, 0.717) is 11.3 Å². The minimum absolute atomic E-state index is 0.193. The van der Waals surface area contributed by atoms with Crippen LogP contribution in [0.15, 0.2) is 41.0 Å². The molecular weight excluding hydrogens is 316 g/mol. The van der Waals surface area contributed by atoms with Crippen molar-refractivity contribution in [1.82, 2.24) is 4.98 Å². The zero-order valence-electron chi connectivity index (χ0n) is 9.58. The highest BCUT2D eigenvalue weighted by molar-refractivity contribution is 9.10. The van der Waals surface area contributed by atoms with Gasteiger partial charge in [-0.1, -0.05) is 17.7 Å². The van der Waals surface area contributed by atoms with Crippen LogP contribution < -0.4 is 5.32 Å². The lowest BCUT2D eigenvalue weighted by atomic mass is 10.2. The molecule has 0 saturated carbocycles. The molecule has 18 heavy (non-hydrogen) atoms. The number of nitrogens with one attached hydrogen (secondary N) is 1. The molecule has 1 N–H and O–H groups in total. The highest BCUT2D eigenvalue weighted by Crippen LogP contribution is 2.24. The molecule has 0 aliphatic heterocycles. The molecule has 1 aromatic heterocycles. The van der Waals surface area contributed by atoms with Gasteiger partial charge in [-0.2, -0.15) is 0 Å². The molecule has 0 atom stereocenters. The van der Waals surface area contributed by atoms with Crippen LogP contribution in [0.1, 0.15) is 15.9 Å². The summed E-state index contributed by atoms with van der Waals surface area (Å²) in [7, 11) is 0. The minimum Gasteiger partial charge on any atom is -0.321 e. The second-order valence-electron chi connectivity index (χ2n) is 3.78. The Kier molecular flexibility index (Phi) is 3.99. The lowest BCUT2D eigenvalue weighted by molar-refractivity contribution is 0.102. The number of benzene rings is 1. The number of halogens is 2. The molecule has 3 nitrogen and oxygen atoms in total. The molecule has 1 heterocycles. The summed E-state index contributed by atoms with van der Waals surface area (Å²) < 4.78 is 0.821. The van der Waals surface area contributed by atoms with Crippen molar-refractivity contribution in [2.45, 2.75) is 6.92 Å². The van der Waals surface area contributed by atoms with E-state index in [0.717, 1.165) is 10.0 Å². The molecule has 92 valence electrons. The van der Waals surface area contributed by atoms with E-state index in [-0.39, 0.29) is 11.1 Å². The fourth-order valence-corrected chi connectivity index (χ4v) is 2.03. The van der Waals surface area contributed by atoms with Gasteiger partial charge in [0.2, 0.25) is 0 Å². The Morgan fingerprint density at radius 1 is 1.39 bits per heavy atom. The first-order valence-electron chi connectivity index (χ1n) is 5.26. The van der Waals surface area contributed by atoms with Crippen LogP contribution in [-0.2, 0) is 0 Å². The van der Waals surface area contributed by atoms with Crippen molar-refractivity contribution in [3.63, 3.8) is 0 Å². The SMILES string of the molecule is Cc1ccc(Br)c(NC(=O)c2cccnc2Cl)c1. The molecule has 0 radical (unpaired) electrons. The van der Waals surface area contributed by atoms with Crippen LogP contribution in [0.2, 0.25) is 5.15 Å². The van der Waals surface area contributed by atoms with Crippen molar-refractivity contribution in [2.24, 2.45) is 0 Å². The molecule has 0 bridgehead atoms. The fraction of sp³-hybridized carbons (Fsp3) is 0.0769. The topological polar surface area (TPSA) is 42.0 Å². The summed E-state index contributed by atoms with van der Waals surface area (Å²) >= 11 is 9.26. The summed E-state index contributed by atoms with van der Waals surface area (Å²) in [4.78, 5) is 15.9. The smallest absolute Gasteiger partial charge is 0.258 e. The van der Waals surface area contributed by atoms with Crippen LogP contribution in [0.5, 0.6) is 0 Å². The Bertz CT molecular complexity index is 601. The van der Waals surface area contributed by atoms with Crippen LogP contribution >= 0.6 is 27.5 Å². The number of anilines is 1. The third kappa shape index (κ3) is 2.89.